The topological polar surface area (TPSA) is 73.2 Å². The van der Waals surface area contributed by atoms with Crippen LogP contribution in [-0.2, 0) is 16.0 Å². The van der Waals surface area contributed by atoms with Gasteiger partial charge < -0.3 is 14.6 Å². The molecule has 0 aliphatic heterocycles. The summed E-state index contributed by atoms with van der Waals surface area (Å²) < 4.78 is 6.69. The fraction of sp³-hybridized carbons (Fsp3) is 0.286. The van der Waals surface area contributed by atoms with Gasteiger partial charge in [0.05, 0.1) is 7.11 Å². The highest BCUT2D eigenvalue weighted by Gasteiger charge is 2.25. The molecule has 0 saturated carbocycles. The lowest BCUT2D eigenvalue weighted by Gasteiger charge is -2.18. The molecule has 2 aromatic heterocycles. The zero-order chi connectivity index (χ0) is 20.1. The molecular formula is C21H23N3O3S. The maximum absolute atomic E-state index is 13.1. The van der Waals surface area contributed by atoms with Crippen LogP contribution < -0.4 is 5.32 Å². The molecule has 2 heterocycles. The van der Waals surface area contributed by atoms with Gasteiger partial charge in [0.1, 0.15) is 6.04 Å². The molecule has 146 valence electrons. The third kappa shape index (κ3) is 4.48. The number of thiazole rings is 1. The number of hydrogen-bond donors (Lipinski definition) is 1. The third-order valence-electron chi connectivity index (χ3n) is 4.35. The highest BCUT2D eigenvalue weighted by atomic mass is 32.1. The number of esters is 1. The number of methoxy groups -OCH3 is 1. The third-order valence-corrected chi connectivity index (χ3v) is 5.62. The van der Waals surface area contributed by atoms with Gasteiger partial charge in [0.25, 0.3) is 0 Å². The van der Waals surface area contributed by atoms with Crippen molar-refractivity contribution in [2.45, 2.75) is 32.2 Å². The van der Waals surface area contributed by atoms with Gasteiger partial charge in [-0.1, -0.05) is 44.2 Å². The minimum Gasteiger partial charge on any atom is -0.464 e. The van der Waals surface area contributed by atoms with Gasteiger partial charge >= 0.3 is 5.97 Å². The van der Waals surface area contributed by atoms with Crippen LogP contribution in [0.3, 0.4) is 0 Å². The molecule has 0 saturated heterocycles. The minimum absolute atomic E-state index is 0.0989. The van der Waals surface area contributed by atoms with E-state index in [9.17, 15) is 9.59 Å². The van der Waals surface area contributed by atoms with Crippen molar-refractivity contribution in [3.63, 3.8) is 0 Å². The van der Waals surface area contributed by atoms with Crippen LogP contribution in [0.1, 0.15) is 46.7 Å². The quantitative estimate of drug-likeness (QED) is 0.604. The number of aromatic nitrogens is 2. The van der Waals surface area contributed by atoms with Crippen LogP contribution in [0, 0.1) is 0 Å². The van der Waals surface area contributed by atoms with Crippen LogP contribution in [0.25, 0.3) is 0 Å². The number of carbonyl (C=O) groups excluding carboxylic acids is 2. The van der Waals surface area contributed by atoms with Crippen molar-refractivity contribution in [2.24, 2.45) is 0 Å². The van der Waals surface area contributed by atoms with Crippen LogP contribution in [-0.4, -0.2) is 28.5 Å². The molecule has 6 nitrogen and oxygen atoms in total. The Balaban J connectivity index is 1.85. The summed E-state index contributed by atoms with van der Waals surface area (Å²) in [7, 11) is 1.33. The van der Waals surface area contributed by atoms with E-state index < -0.39 is 12.0 Å². The van der Waals surface area contributed by atoms with E-state index in [1.165, 1.54) is 18.4 Å². The molecule has 0 unspecified atom stereocenters. The summed E-state index contributed by atoms with van der Waals surface area (Å²) >= 11 is 1.31. The Hall–Kier alpha value is -2.93. The Morgan fingerprint density at radius 1 is 1.14 bits per heavy atom. The molecule has 28 heavy (non-hydrogen) atoms. The summed E-state index contributed by atoms with van der Waals surface area (Å²) in [6.07, 6.45) is 4.29. The summed E-state index contributed by atoms with van der Waals surface area (Å²) in [5.74, 6) is -0.575. The molecule has 3 aromatic rings. The number of amides is 1. The first kappa shape index (κ1) is 19.8. The molecule has 0 radical (unpaired) electrons. The maximum atomic E-state index is 13.1. The molecule has 0 bridgehead atoms. The summed E-state index contributed by atoms with van der Waals surface area (Å²) in [6.45, 7) is 3.95. The van der Waals surface area contributed by atoms with E-state index in [2.05, 4.69) is 10.3 Å². The second-order valence-electron chi connectivity index (χ2n) is 6.70. The maximum Gasteiger partial charge on any atom is 0.357 e. The SMILES string of the molecule is COC(=O)c1nc(NC(=O)[C@H](Cc2ccccc2)n2cccc2)sc1C(C)C. The van der Waals surface area contributed by atoms with Crippen molar-refractivity contribution in [1.82, 2.24) is 9.55 Å². The molecule has 0 fully saturated rings. The average molecular weight is 398 g/mol. The number of hydrogen-bond acceptors (Lipinski definition) is 5. The molecular weight excluding hydrogens is 374 g/mol. The zero-order valence-corrected chi connectivity index (χ0v) is 16.9. The molecule has 1 amide bonds. The number of carbonyl (C=O) groups is 2. The summed E-state index contributed by atoms with van der Waals surface area (Å²) in [4.78, 5) is 30.2. The van der Waals surface area contributed by atoms with Crippen LogP contribution in [0.15, 0.2) is 54.9 Å². The van der Waals surface area contributed by atoms with E-state index in [1.54, 1.807) is 0 Å². The van der Waals surface area contributed by atoms with Crippen molar-refractivity contribution in [2.75, 3.05) is 12.4 Å². The standard InChI is InChI=1S/C21H23N3O3S/c1-14(2)18-17(20(26)27-3)22-21(28-18)23-19(25)16(24-11-7-8-12-24)13-15-9-5-4-6-10-15/h4-12,14,16H,13H2,1-3H3,(H,22,23,25)/t16-/m0/s1. The molecule has 0 aliphatic rings. The second-order valence-corrected chi connectivity index (χ2v) is 7.73. The number of ether oxygens (including phenoxy) is 1. The Bertz CT molecular complexity index is 933. The van der Waals surface area contributed by atoms with E-state index in [0.29, 0.717) is 11.6 Å². The minimum atomic E-state index is -0.494. The molecule has 0 spiro atoms. The predicted octanol–water partition coefficient (Wildman–Crippen LogP) is 4.28. The predicted molar refractivity (Wildman–Crippen MR) is 110 cm³/mol. The van der Waals surface area contributed by atoms with Gasteiger partial charge in [-0.15, -0.1) is 11.3 Å². The van der Waals surface area contributed by atoms with Crippen LogP contribution in [0.2, 0.25) is 0 Å². The van der Waals surface area contributed by atoms with Crippen molar-refractivity contribution in [3.05, 3.63) is 71.0 Å². The van der Waals surface area contributed by atoms with Crippen LogP contribution in [0.4, 0.5) is 5.13 Å². The number of benzene rings is 1. The first-order valence-electron chi connectivity index (χ1n) is 9.06. The Kier molecular flexibility index (Phi) is 6.26. The molecule has 1 atom stereocenters. The largest absolute Gasteiger partial charge is 0.464 e. The number of nitrogens with zero attached hydrogens (tertiary/aromatic N) is 2. The van der Waals surface area contributed by atoms with Crippen LogP contribution in [0.5, 0.6) is 0 Å². The van der Waals surface area contributed by atoms with Gasteiger partial charge in [-0.25, -0.2) is 9.78 Å². The lowest BCUT2D eigenvalue weighted by Crippen LogP contribution is -2.27. The lowest BCUT2D eigenvalue weighted by molar-refractivity contribution is -0.119. The van der Waals surface area contributed by atoms with Gasteiger partial charge in [-0.2, -0.15) is 0 Å². The van der Waals surface area contributed by atoms with E-state index >= 15 is 0 Å². The number of nitrogens with one attached hydrogen (secondary N) is 1. The Morgan fingerprint density at radius 3 is 2.43 bits per heavy atom. The van der Waals surface area contributed by atoms with Gasteiger partial charge in [0.2, 0.25) is 5.91 Å². The number of anilines is 1. The summed E-state index contributed by atoms with van der Waals surface area (Å²) in [5, 5.41) is 3.29. The molecule has 3 rings (SSSR count). The smallest absolute Gasteiger partial charge is 0.357 e. The first-order valence-corrected chi connectivity index (χ1v) is 9.87. The highest BCUT2D eigenvalue weighted by molar-refractivity contribution is 7.16. The Morgan fingerprint density at radius 2 is 1.82 bits per heavy atom. The van der Waals surface area contributed by atoms with Crippen molar-refractivity contribution in [3.8, 4) is 0 Å². The van der Waals surface area contributed by atoms with Crippen molar-refractivity contribution in [1.29, 1.82) is 0 Å². The van der Waals surface area contributed by atoms with Gasteiger partial charge in [-0.05, 0) is 23.6 Å². The monoisotopic (exact) mass is 397 g/mol. The Labute approximate surface area is 168 Å². The fourth-order valence-corrected chi connectivity index (χ4v) is 3.89. The average Bonchev–Trinajstić information content (AvgIpc) is 3.36. The highest BCUT2D eigenvalue weighted by Crippen LogP contribution is 2.31. The zero-order valence-electron chi connectivity index (χ0n) is 16.1. The van der Waals surface area contributed by atoms with Crippen molar-refractivity contribution >= 4 is 28.3 Å². The van der Waals surface area contributed by atoms with E-state index in [4.69, 9.17) is 4.74 Å². The van der Waals surface area contributed by atoms with Gasteiger partial charge in [0.15, 0.2) is 10.8 Å². The van der Waals surface area contributed by atoms with E-state index in [0.717, 1.165) is 10.4 Å². The second kappa shape index (κ2) is 8.84. The summed E-state index contributed by atoms with van der Waals surface area (Å²) in [6, 6.07) is 13.2. The van der Waals surface area contributed by atoms with E-state index in [-0.39, 0.29) is 17.5 Å². The normalized spacial score (nSPS) is 12.0. The molecule has 7 heteroatoms. The lowest BCUT2D eigenvalue weighted by atomic mass is 10.1. The van der Waals surface area contributed by atoms with E-state index in [1.807, 2.05) is 73.3 Å². The molecule has 0 aliphatic carbocycles. The molecule has 1 aromatic carbocycles. The van der Waals surface area contributed by atoms with Gasteiger partial charge in [0, 0.05) is 23.7 Å². The first-order chi connectivity index (χ1) is 13.5. The van der Waals surface area contributed by atoms with Gasteiger partial charge in [-0.3, -0.25) is 4.79 Å². The molecule has 1 N–H and O–H groups in total. The fourth-order valence-electron chi connectivity index (χ4n) is 2.93. The number of rotatable bonds is 7. The summed E-state index contributed by atoms with van der Waals surface area (Å²) in [5.41, 5.74) is 1.33. The van der Waals surface area contributed by atoms with Crippen LogP contribution >= 0.6 is 11.3 Å². The van der Waals surface area contributed by atoms with Crippen molar-refractivity contribution < 1.29 is 14.3 Å².